The number of anilines is 1. The number of carbonyl (C=O) groups is 1. The number of hydrogen-bond donors (Lipinski definition) is 1. The van der Waals surface area contributed by atoms with E-state index in [1.165, 1.54) is 19.1 Å². The maximum atomic E-state index is 11.2. The summed E-state index contributed by atoms with van der Waals surface area (Å²) in [5.74, 6) is 0.674. The van der Waals surface area contributed by atoms with Crippen molar-refractivity contribution in [2.24, 2.45) is 0 Å². The molecule has 2 rings (SSSR count). The van der Waals surface area contributed by atoms with Gasteiger partial charge in [0.2, 0.25) is 5.91 Å². The predicted molar refractivity (Wildman–Crippen MR) is 76.7 cm³/mol. The van der Waals surface area contributed by atoms with E-state index in [0.717, 1.165) is 0 Å². The van der Waals surface area contributed by atoms with Crippen LogP contribution in [0, 0.1) is 22.7 Å². The van der Waals surface area contributed by atoms with E-state index in [1.54, 1.807) is 30.3 Å². The van der Waals surface area contributed by atoms with Crippen LogP contribution < -0.4 is 10.1 Å². The molecule has 0 unspecified atom stereocenters. The van der Waals surface area contributed by atoms with Crippen molar-refractivity contribution in [2.45, 2.75) is 6.92 Å². The van der Waals surface area contributed by atoms with Crippen LogP contribution in [0.5, 0.6) is 11.5 Å². The molecule has 0 aliphatic heterocycles. The van der Waals surface area contributed by atoms with Crippen LogP contribution in [0.4, 0.5) is 5.69 Å². The third-order valence-corrected chi connectivity index (χ3v) is 2.66. The Labute approximate surface area is 122 Å². The van der Waals surface area contributed by atoms with Gasteiger partial charge in [-0.05, 0) is 30.3 Å². The zero-order chi connectivity index (χ0) is 15.2. The van der Waals surface area contributed by atoms with Gasteiger partial charge < -0.3 is 10.1 Å². The molecule has 0 aliphatic carbocycles. The summed E-state index contributed by atoms with van der Waals surface area (Å²) in [5.41, 5.74) is 1.07. The SMILES string of the molecule is CC(=O)Nc1ccccc1Oc1ccc(C#N)c(C#N)c1. The van der Waals surface area contributed by atoms with Crippen molar-refractivity contribution in [3.8, 4) is 23.6 Å². The van der Waals surface area contributed by atoms with Gasteiger partial charge in [-0.2, -0.15) is 10.5 Å². The summed E-state index contributed by atoms with van der Waals surface area (Å²) in [6, 6.07) is 15.5. The molecule has 0 fully saturated rings. The maximum absolute atomic E-state index is 11.2. The fourth-order valence-corrected chi connectivity index (χ4v) is 1.75. The van der Waals surface area contributed by atoms with Crippen LogP contribution in [0.2, 0.25) is 0 Å². The van der Waals surface area contributed by atoms with Gasteiger partial charge in [0.25, 0.3) is 0 Å². The molecule has 5 nitrogen and oxygen atoms in total. The monoisotopic (exact) mass is 277 g/mol. The normalized spacial score (nSPS) is 9.29. The van der Waals surface area contributed by atoms with Crippen molar-refractivity contribution < 1.29 is 9.53 Å². The van der Waals surface area contributed by atoms with Crippen LogP contribution in [0.3, 0.4) is 0 Å². The number of para-hydroxylation sites is 2. The standard InChI is InChI=1S/C16H11N3O2/c1-11(20)19-15-4-2-3-5-16(15)21-14-7-6-12(9-17)13(8-14)10-18/h2-8H,1H3,(H,19,20). The van der Waals surface area contributed by atoms with Crippen molar-refractivity contribution in [2.75, 3.05) is 5.32 Å². The molecule has 0 aliphatic rings. The van der Waals surface area contributed by atoms with Crippen molar-refractivity contribution in [3.05, 3.63) is 53.6 Å². The lowest BCUT2D eigenvalue weighted by atomic mass is 10.1. The zero-order valence-corrected chi connectivity index (χ0v) is 11.3. The molecule has 0 atom stereocenters. The van der Waals surface area contributed by atoms with Gasteiger partial charge in [0, 0.05) is 6.92 Å². The van der Waals surface area contributed by atoms with E-state index in [4.69, 9.17) is 15.3 Å². The number of rotatable bonds is 3. The smallest absolute Gasteiger partial charge is 0.221 e. The van der Waals surface area contributed by atoms with E-state index in [-0.39, 0.29) is 11.5 Å². The van der Waals surface area contributed by atoms with Gasteiger partial charge in [-0.15, -0.1) is 0 Å². The Kier molecular flexibility index (Phi) is 4.18. The van der Waals surface area contributed by atoms with Crippen LogP contribution in [-0.2, 0) is 4.79 Å². The molecule has 0 spiro atoms. The molecular formula is C16H11N3O2. The molecular weight excluding hydrogens is 266 g/mol. The highest BCUT2D eigenvalue weighted by Crippen LogP contribution is 2.30. The van der Waals surface area contributed by atoms with Gasteiger partial charge in [-0.1, -0.05) is 12.1 Å². The second kappa shape index (κ2) is 6.23. The minimum Gasteiger partial charge on any atom is -0.455 e. The summed E-state index contributed by atoms with van der Waals surface area (Å²) in [6.07, 6.45) is 0. The number of hydrogen-bond acceptors (Lipinski definition) is 4. The second-order valence-corrected chi connectivity index (χ2v) is 4.21. The summed E-state index contributed by atoms with van der Waals surface area (Å²) < 4.78 is 5.68. The van der Waals surface area contributed by atoms with Gasteiger partial charge in [0.05, 0.1) is 16.8 Å². The van der Waals surface area contributed by atoms with Gasteiger partial charge in [-0.25, -0.2) is 0 Å². The summed E-state index contributed by atoms with van der Waals surface area (Å²) in [6.45, 7) is 1.41. The molecule has 21 heavy (non-hydrogen) atoms. The lowest BCUT2D eigenvalue weighted by Gasteiger charge is -2.11. The Hall–Kier alpha value is -3.31. The third-order valence-electron chi connectivity index (χ3n) is 2.66. The van der Waals surface area contributed by atoms with E-state index in [9.17, 15) is 4.79 Å². The molecule has 0 saturated heterocycles. The Morgan fingerprint density at radius 1 is 1.10 bits per heavy atom. The second-order valence-electron chi connectivity index (χ2n) is 4.21. The van der Waals surface area contributed by atoms with Gasteiger partial charge in [0.15, 0.2) is 5.75 Å². The Balaban J connectivity index is 2.33. The summed E-state index contributed by atoms with van der Waals surface area (Å²) in [7, 11) is 0. The van der Waals surface area contributed by atoms with Crippen LogP contribution in [-0.4, -0.2) is 5.91 Å². The zero-order valence-electron chi connectivity index (χ0n) is 11.3. The first-order valence-corrected chi connectivity index (χ1v) is 6.12. The Morgan fingerprint density at radius 2 is 1.81 bits per heavy atom. The fraction of sp³-hybridized carbons (Fsp3) is 0.0625. The summed E-state index contributed by atoms with van der Waals surface area (Å²) in [4.78, 5) is 11.2. The highest BCUT2D eigenvalue weighted by molar-refractivity contribution is 5.90. The Bertz CT molecular complexity index is 770. The number of ether oxygens (including phenoxy) is 1. The molecule has 2 aromatic rings. The molecule has 2 aromatic carbocycles. The number of nitrogens with zero attached hydrogens (tertiary/aromatic N) is 2. The van der Waals surface area contributed by atoms with E-state index >= 15 is 0 Å². The van der Waals surface area contributed by atoms with E-state index < -0.39 is 0 Å². The Morgan fingerprint density at radius 3 is 2.48 bits per heavy atom. The molecule has 5 heteroatoms. The van der Waals surface area contributed by atoms with Crippen LogP contribution in [0.25, 0.3) is 0 Å². The molecule has 0 saturated carbocycles. The van der Waals surface area contributed by atoms with E-state index in [1.807, 2.05) is 12.1 Å². The lowest BCUT2D eigenvalue weighted by Crippen LogP contribution is -2.06. The van der Waals surface area contributed by atoms with Crippen molar-refractivity contribution in [1.82, 2.24) is 0 Å². The molecule has 0 bridgehead atoms. The van der Waals surface area contributed by atoms with Crippen molar-refractivity contribution >= 4 is 11.6 Å². The average molecular weight is 277 g/mol. The van der Waals surface area contributed by atoms with Crippen molar-refractivity contribution in [3.63, 3.8) is 0 Å². The first kappa shape index (κ1) is 14.1. The largest absolute Gasteiger partial charge is 0.455 e. The van der Waals surface area contributed by atoms with E-state index in [0.29, 0.717) is 22.7 Å². The molecule has 1 amide bonds. The fourth-order valence-electron chi connectivity index (χ4n) is 1.75. The quantitative estimate of drug-likeness (QED) is 0.933. The van der Waals surface area contributed by atoms with Crippen molar-refractivity contribution in [1.29, 1.82) is 10.5 Å². The number of amides is 1. The highest BCUT2D eigenvalue weighted by atomic mass is 16.5. The topological polar surface area (TPSA) is 85.9 Å². The van der Waals surface area contributed by atoms with Gasteiger partial charge >= 0.3 is 0 Å². The lowest BCUT2D eigenvalue weighted by molar-refractivity contribution is -0.114. The van der Waals surface area contributed by atoms with Gasteiger partial charge in [-0.3, -0.25) is 4.79 Å². The molecule has 0 heterocycles. The number of carbonyl (C=O) groups excluding carboxylic acids is 1. The number of nitrogens with one attached hydrogen (secondary N) is 1. The predicted octanol–water partition coefficient (Wildman–Crippen LogP) is 3.18. The molecule has 0 aromatic heterocycles. The number of benzene rings is 2. The average Bonchev–Trinajstić information content (AvgIpc) is 2.48. The highest BCUT2D eigenvalue weighted by Gasteiger charge is 2.08. The first-order chi connectivity index (χ1) is 10.1. The van der Waals surface area contributed by atoms with Crippen LogP contribution in [0.15, 0.2) is 42.5 Å². The van der Waals surface area contributed by atoms with Crippen LogP contribution in [0.1, 0.15) is 18.1 Å². The minimum absolute atomic E-state index is 0.205. The van der Waals surface area contributed by atoms with Gasteiger partial charge in [0.1, 0.15) is 17.9 Å². The van der Waals surface area contributed by atoms with E-state index in [2.05, 4.69) is 5.32 Å². The first-order valence-electron chi connectivity index (χ1n) is 6.12. The third kappa shape index (κ3) is 3.37. The number of nitriles is 2. The molecule has 1 N–H and O–H groups in total. The summed E-state index contributed by atoms with van der Waals surface area (Å²) in [5, 5.41) is 20.5. The maximum Gasteiger partial charge on any atom is 0.221 e. The molecule has 0 radical (unpaired) electrons. The molecule has 102 valence electrons. The summed E-state index contributed by atoms with van der Waals surface area (Å²) >= 11 is 0. The van der Waals surface area contributed by atoms with Crippen LogP contribution >= 0.6 is 0 Å². The minimum atomic E-state index is -0.205.